The molecule has 1 aliphatic heterocycles. The molecule has 2 aromatic rings. The molecule has 1 saturated heterocycles. The van der Waals surface area contributed by atoms with E-state index < -0.39 is 12.0 Å². The third-order valence-corrected chi connectivity index (χ3v) is 6.52. The number of hydrogen-bond acceptors (Lipinski definition) is 3. The van der Waals surface area contributed by atoms with Gasteiger partial charge in [0.15, 0.2) is 0 Å². The van der Waals surface area contributed by atoms with Gasteiger partial charge in [-0.1, -0.05) is 29.8 Å². The van der Waals surface area contributed by atoms with Gasteiger partial charge in [0.05, 0.1) is 12.0 Å². The third kappa shape index (κ3) is 4.09. The van der Waals surface area contributed by atoms with Crippen LogP contribution in [0.15, 0.2) is 42.0 Å². The molecule has 2 atom stereocenters. The maximum Gasteiger partial charge on any atom is 0.147 e. The van der Waals surface area contributed by atoms with E-state index in [-0.39, 0.29) is 18.0 Å². The lowest BCUT2D eigenvalue weighted by Gasteiger charge is -2.22. The minimum Gasteiger partial charge on any atom is -0.388 e. The van der Waals surface area contributed by atoms with Crippen LogP contribution in [0.5, 0.6) is 0 Å². The normalized spacial score (nSPS) is 24.0. The summed E-state index contributed by atoms with van der Waals surface area (Å²) < 4.78 is 19.8. The lowest BCUT2D eigenvalue weighted by atomic mass is 9.85. The Morgan fingerprint density at radius 1 is 1.13 bits per heavy atom. The minimum absolute atomic E-state index is 0.0393. The zero-order chi connectivity index (χ0) is 21.4. The molecule has 4 rings (SSSR count). The van der Waals surface area contributed by atoms with Crippen molar-refractivity contribution in [2.24, 2.45) is 5.92 Å². The zero-order valence-electron chi connectivity index (χ0n) is 17.3. The number of aryl methyl sites for hydroxylation is 2. The fourth-order valence-electron chi connectivity index (χ4n) is 4.81. The quantitative estimate of drug-likeness (QED) is 0.653. The summed E-state index contributed by atoms with van der Waals surface area (Å²) in [4.78, 5) is 12.9. The number of ketones is 1. The monoisotopic (exact) mass is 428 g/mol. The van der Waals surface area contributed by atoms with E-state index in [1.807, 2.05) is 26.0 Å². The molecule has 158 valence electrons. The van der Waals surface area contributed by atoms with Crippen LogP contribution in [0.2, 0.25) is 5.02 Å². The average Bonchev–Trinajstić information content (AvgIpc) is 2.96. The van der Waals surface area contributed by atoms with Crippen molar-refractivity contribution in [1.82, 2.24) is 0 Å². The third-order valence-electron chi connectivity index (χ3n) is 6.28. The molecule has 1 aliphatic carbocycles. The molecule has 1 N–H and O–H groups in total. The summed E-state index contributed by atoms with van der Waals surface area (Å²) in [6, 6.07) is 8.39. The molecule has 0 bridgehead atoms. The topological polar surface area (TPSA) is 46.5 Å². The Balaban J connectivity index is 1.66. The first-order valence-electron chi connectivity index (χ1n) is 10.4. The minimum atomic E-state index is -0.809. The van der Waals surface area contributed by atoms with Gasteiger partial charge in [0.25, 0.3) is 0 Å². The predicted molar refractivity (Wildman–Crippen MR) is 116 cm³/mol. The Kier molecular flexibility index (Phi) is 6.10. The number of benzene rings is 2. The Labute approximate surface area is 181 Å². The van der Waals surface area contributed by atoms with Crippen molar-refractivity contribution in [3.63, 3.8) is 0 Å². The van der Waals surface area contributed by atoms with Gasteiger partial charge in [0.2, 0.25) is 0 Å². The van der Waals surface area contributed by atoms with Crippen molar-refractivity contribution in [2.45, 2.75) is 45.1 Å². The van der Waals surface area contributed by atoms with Crippen LogP contribution in [0.1, 0.15) is 41.9 Å². The molecule has 0 amide bonds. The standard InChI is InChI=1S/C25H26ClFO3/c1-14-9-17(20-4-3-19(26)13-21(20)27)10-15(2)23(14)24-22(28)12-18(25(24)29)11-16-5-7-30-8-6-16/h3-4,9-11,13,16,24-25,29H,5-8,12H2,1-2H3/b18-11+. The van der Waals surface area contributed by atoms with Gasteiger partial charge >= 0.3 is 0 Å². The second-order valence-electron chi connectivity index (χ2n) is 8.40. The number of allylic oxidation sites excluding steroid dienone is 1. The number of ether oxygens (including phenoxy) is 1. The summed E-state index contributed by atoms with van der Waals surface area (Å²) >= 11 is 5.88. The van der Waals surface area contributed by atoms with E-state index in [9.17, 15) is 14.3 Å². The lowest BCUT2D eigenvalue weighted by Crippen LogP contribution is -2.21. The number of carbonyl (C=O) groups excluding carboxylic acids is 1. The van der Waals surface area contributed by atoms with Gasteiger partial charge in [0.1, 0.15) is 11.6 Å². The van der Waals surface area contributed by atoms with Crippen LogP contribution < -0.4 is 0 Å². The van der Waals surface area contributed by atoms with Crippen molar-refractivity contribution < 1.29 is 19.0 Å². The van der Waals surface area contributed by atoms with E-state index in [4.69, 9.17) is 16.3 Å². The van der Waals surface area contributed by atoms with Crippen molar-refractivity contribution >= 4 is 17.4 Å². The molecular formula is C25H26ClFO3. The van der Waals surface area contributed by atoms with Gasteiger partial charge < -0.3 is 9.84 Å². The largest absolute Gasteiger partial charge is 0.388 e. The first-order chi connectivity index (χ1) is 14.3. The molecule has 5 heteroatoms. The summed E-state index contributed by atoms with van der Waals surface area (Å²) in [6.45, 7) is 5.28. The smallest absolute Gasteiger partial charge is 0.147 e. The molecule has 0 spiro atoms. The SMILES string of the molecule is Cc1cc(-c2ccc(Cl)cc2F)cc(C)c1C1C(=O)C/C(=C\C2CCOCC2)C1O. The fourth-order valence-corrected chi connectivity index (χ4v) is 4.97. The molecule has 1 saturated carbocycles. The van der Waals surface area contributed by atoms with Crippen LogP contribution in [-0.2, 0) is 9.53 Å². The molecule has 2 aromatic carbocycles. The maximum atomic E-state index is 14.4. The molecule has 0 radical (unpaired) electrons. The van der Waals surface area contributed by atoms with Crippen molar-refractivity contribution in [1.29, 1.82) is 0 Å². The van der Waals surface area contributed by atoms with Crippen LogP contribution in [0, 0.1) is 25.6 Å². The Hall–Kier alpha value is -2.01. The average molecular weight is 429 g/mol. The van der Waals surface area contributed by atoms with Crippen LogP contribution in [0.4, 0.5) is 4.39 Å². The number of hydrogen-bond donors (Lipinski definition) is 1. The van der Waals surface area contributed by atoms with Crippen molar-refractivity contribution in [3.8, 4) is 11.1 Å². The molecule has 2 aliphatic rings. The molecular weight excluding hydrogens is 403 g/mol. The predicted octanol–water partition coefficient (Wildman–Crippen LogP) is 5.53. The second-order valence-corrected chi connectivity index (χ2v) is 8.84. The summed E-state index contributed by atoms with van der Waals surface area (Å²) in [5.41, 5.74) is 4.63. The van der Waals surface area contributed by atoms with E-state index in [0.29, 0.717) is 16.5 Å². The van der Waals surface area contributed by atoms with E-state index in [2.05, 4.69) is 6.08 Å². The first kappa shape index (κ1) is 21.2. The first-order valence-corrected chi connectivity index (χ1v) is 10.8. The lowest BCUT2D eigenvalue weighted by molar-refractivity contribution is -0.119. The highest BCUT2D eigenvalue weighted by Crippen LogP contribution is 2.41. The number of rotatable bonds is 3. The summed E-state index contributed by atoms with van der Waals surface area (Å²) in [6.07, 6.45) is 3.42. The number of Topliss-reactive ketones (excluding diaryl/α,β-unsaturated/α-hetero) is 1. The summed E-state index contributed by atoms with van der Waals surface area (Å²) in [5, 5.41) is 11.4. The Morgan fingerprint density at radius 2 is 1.80 bits per heavy atom. The van der Waals surface area contributed by atoms with Crippen LogP contribution in [0.3, 0.4) is 0 Å². The van der Waals surface area contributed by atoms with Gasteiger partial charge in [0, 0.05) is 30.2 Å². The fraction of sp³-hybridized carbons (Fsp3) is 0.400. The van der Waals surface area contributed by atoms with E-state index >= 15 is 0 Å². The summed E-state index contributed by atoms with van der Waals surface area (Å²) in [7, 11) is 0. The molecule has 2 unspecified atom stereocenters. The molecule has 2 fully saturated rings. The van der Waals surface area contributed by atoms with Gasteiger partial charge in [-0.2, -0.15) is 0 Å². The second kappa shape index (κ2) is 8.62. The van der Waals surface area contributed by atoms with Crippen molar-refractivity contribution in [3.05, 3.63) is 69.5 Å². The van der Waals surface area contributed by atoms with Crippen molar-refractivity contribution in [2.75, 3.05) is 13.2 Å². The summed E-state index contributed by atoms with van der Waals surface area (Å²) in [5.74, 6) is -0.558. The highest BCUT2D eigenvalue weighted by Gasteiger charge is 2.40. The number of aliphatic hydroxyl groups is 1. The zero-order valence-corrected chi connectivity index (χ0v) is 18.0. The van der Waals surface area contributed by atoms with Gasteiger partial charge in [-0.25, -0.2) is 4.39 Å². The van der Waals surface area contributed by atoms with Gasteiger partial charge in [-0.05, 0) is 78.6 Å². The molecule has 30 heavy (non-hydrogen) atoms. The van der Waals surface area contributed by atoms with E-state index in [0.717, 1.165) is 53.9 Å². The number of aliphatic hydroxyl groups excluding tert-OH is 1. The molecule has 1 heterocycles. The Bertz CT molecular complexity index is 984. The Morgan fingerprint density at radius 3 is 2.43 bits per heavy atom. The molecule has 0 aromatic heterocycles. The van der Waals surface area contributed by atoms with Crippen LogP contribution >= 0.6 is 11.6 Å². The maximum absolute atomic E-state index is 14.4. The van der Waals surface area contributed by atoms with Crippen LogP contribution in [-0.4, -0.2) is 30.2 Å². The van der Waals surface area contributed by atoms with Crippen LogP contribution in [0.25, 0.3) is 11.1 Å². The van der Waals surface area contributed by atoms with Gasteiger partial charge in [-0.3, -0.25) is 4.79 Å². The highest BCUT2D eigenvalue weighted by atomic mass is 35.5. The van der Waals surface area contributed by atoms with E-state index in [1.54, 1.807) is 12.1 Å². The number of carbonyl (C=O) groups is 1. The number of halogens is 2. The highest BCUT2D eigenvalue weighted by molar-refractivity contribution is 6.30. The van der Waals surface area contributed by atoms with Gasteiger partial charge in [-0.15, -0.1) is 0 Å². The molecule has 3 nitrogen and oxygen atoms in total. The van der Waals surface area contributed by atoms with E-state index in [1.165, 1.54) is 6.07 Å².